The monoisotopic (exact) mass is 375 g/mol. The van der Waals surface area contributed by atoms with Gasteiger partial charge in [-0.05, 0) is 56.2 Å². The van der Waals surface area contributed by atoms with E-state index in [1.165, 1.54) is 0 Å². The molecule has 0 bridgehead atoms. The highest BCUT2D eigenvalue weighted by atomic mass is 16.3. The van der Waals surface area contributed by atoms with E-state index >= 15 is 0 Å². The zero-order valence-electron chi connectivity index (χ0n) is 16.6. The Morgan fingerprint density at radius 3 is 2.50 bits per heavy atom. The molecule has 0 saturated carbocycles. The minimum absolute atomic E-state index is 0.0650. The van der Waals surface area contributed by atoms with Gasteiger partial charge in [0.2, 0.25) is 0 Å². The van der Waals surface area contributed by atoms with E-state index in [0.29, 0.717) is 5.56 Å². The highest BCUT2D eigenvalue weighted by Crippen LogP contribution is 2.27. The number of hydrogen-bond acceptors (Lipinski definition) is 4. The molecule has 1 atom stereocenters. The van der Waals surface area contributed by atoms with Crippen LogP contribution in [-0.4, -0.2) is 32.9 Å². The van der Waals surface area contributed by atoms with Crippen molar-refractivity contribution in [2.75, 3.05) is 7.05 Å². The Bertz CT molecular complexity index is 965. The summed E-state index contributed by atoms with van der Waals surface area (Å²) in [5, 5.41) is 10.2. The number of rotatable bonds is 5. The Labute approximate surface area is 165 Å². The lowest BCUT2D eigenvalue weighted by Gasteiger charge is -2.25. The average molecular weight is 375 g/mol. The van der Waals surface area contributed by atoms with Gasteiger partial charge < -0.3 is 10.0 Å². The van der Waals surface area contributed by atoms with Gasteiger partial charge in [0.25, 0.3) is 5.91 Å². The van der Waals surface area contributed by atoms with E-state index in [4.69, 9.17) is 0 Å². The van der Waals surface area contributed by atoms with Crippen molar-refractivity contribution in [3.63, 3.8) is 0 Å². The fourth-order valence-electron chi connectivity index (χ4n) is 2.99. The Balaban J connectivity index is 1.88. The lowest BCUT2D eigenvalue weighted by atomic mass is 9.96. The van der Waals surface area contributed by atoms with Gasteiger partial charge in [-0.15, -0.1) is 0 Å². The van der Waals surface area contributed by atoms with Gasteiger partial charge in [0, 0.05) is 48.5 Å². The van der Waals surface area contributed by atoms with Crippen molar-refractivity contribution >= 4 is 5.91 Å². The maximum absolute atomic E-state index is 13.0. The van der Waals surface area contributed by atoms with Gasteiger partial charge >= 0.3 is 0 Å². The quantitative estimate of drug-likeness (QED) is 0.726. The predicted molar refractivity (Wildman–Crippen MR) is 110 cm³/mol. The molecule has 0 aliphatic carbocycles. The second-order valence-electron chi connectivity index (χ2n) is 7.48. The summed E-state index contributed by atoms with van der Waals surface area (Å²) in [4.78, 5) is 23.1. The molecule has 0 aliphatic heterocycles. The number of carbonyl (C=O) groups excluding carboxylic acids is 1. The van der Waals surface area contributed by atoms with E-state index in [1.54, 1.807) is 50.6 Å². The summed E-state index contributed by atoms with van der Waals surface area (Å²) in [6.45, 7) is 5.43. The Hall–Kier alpha value is -3.05. The Morgan fingerprint density at radius 1 is 1.04 bits per heavy atom. The van der Waals surface area contributed by atoms with E-state index in [-0.39, 0.29) is 11.9 Å². The Morgan fingerprint density at radius 2 is 1.82 bits per heavy atom. The van der Waals surface area contributed by atoms with E-state index in [1.807, 2.05) is 49.4 Å². The third kappa shape index (κ3) is 4.26. The van der Waals surface area contributed by atoms with Crippen molar-refractivity contribution in [2.45, 2.75) is 32.4 Å². The molecule has 144 valence electrons. The van der Waals surface area contributed by atoms with Crippen LogP contribution in [0.5, 0.6) is 0 Å². The summed E-state index contributed by atoms with van der Waals surface area (Å²) in [7, 11) is 1.79. The van der Waals surface area contributed by atoms with E-state index in [0.717, 1.165) is 22.3 Å². The summed E-state index contributed by atoms with van der Waals surface area (Å²) in [6, 6.07) is 13.1. The summed E-state index contributed by atoms with van der Waals surface area (Å²) in [6.07, 6.45) is 6.89. The van der Waals surface area contributed by atoms with Gasteiger partial charge in [0.1, 0.15) is 0 Å². The van der Waals surface area contributed by atoms with E-state index in [9.17, 15) is 9.90 Å². The zero-order chi connectivity index (χ0) is 20.3. The number of carbonyl (C=O) groups is 1. The molecular formula is C23H25N3O2. The van der Waals surface area contributed by atoms with Crippen molar-refractivity contribution in [1.82, 2.24) is 14.9 Å². The average Bonchev–Trinajstić information content (AvgIpc) is 2.72. The molecule has 0 aliphatic rings. The van der Waals surface area contributed by atoms with Crippen molar-refractivity contribution < 1.29 is 9.90 Å². The molecule has 0 spiro atoms. The van der Waals surface area contributed by atoms with Gasteiger partial charge in [-0.25, -0.2) is 0 Å². The first kappa shape index (κ1) is 19.7. The van der Waals surface area contributed by atoms with Crippen molar-refractivity contribution in [2.24, 2.45) is 0 Å². The van der Waals surface area contributed by atoms with Crippen LogP contribution >= 0.6 is 0 Å². The van der Waals surface area contributed by atoms with Crippen LogP contribution in [0.2, 0.25) is 0 Å². The molecule has 3 aromatic rings. The maximum atomic E-state index is 13.0. The second kappa shape index (κ2) is 7.90. The first-order chi connectivity index (χ1) is 13.3. The minimum atomic E-state index is -0.976. The van der Waals surface area contributed by atoms with Crippen molar-refractivity contribution in [1.29, 1.82) is 0 Å². The van der Waals surface area contributed by atoms with Crippen LogP contribution in [0.25, 0.3) is 11.1 Å². The van der Waals surface area contributed by atoms with Crippen LogP contribution in [-0.2, 0) is 5.60 Å². The number of benzene rings is 1. The fraction of sp³-hybridized carbons (Fsp3) is 0.261. The molecule has 0 saturated heterocycles. The number of nitrogens with zero attached hydrogens (tertiary/aromatic N) is 3. The van der Waals surface area contributed by atoms with E-state index < -0.39 is 5.60 Å². The van der Waals surface area contributed by atoms with Crippen LogP contribution < -0.4 is 0 Å². The van der Waals surface area contributed by atoms with E-state index in [2.05, 4.69) is 9.97 Å². The van der Waals surface area contributed by atoms with Crippen LogP contribution in [0.4, 0.5) is 0 Å². The van der Waals surface area contributed by atoms with Gasteiger partial charge in [-0.2, -0.15) is 0 Å². The first-order valence-corrected chi connectivity index (χ1v) is 9.23. The molecule has 28 heavy (non-hydrogen) atoms. The molecule has 3 rings (SSSR count). The summed E-state index contributed by atoms with van der Waals surface area (Å²) >= 11 is 0. The van der Waals surface area contributed by atoms with Crippen LogP contribution in [0.3, 0.4) is 0 Å². The van der Waals surface area contributed by atoms with Gasteiger partial charge in [-0.1, -0.05) is 18.2 Å². The molecule has 2 heterocycles. The minimum Gasteiger partial charge on any atom is -0.386 e. The summed E-state index contributed by atoms with van der Waals surface area (Å²) < 4.78 is 0. The van der Waals surface area contributed by atoms with Crippen LogP contribution in [0, 0.1) is 0 Å². The second-order valence-corrected chi connectivity index (χ2v) is 7.48. The molecule has 0 unspecified atom stereocenters. The summed E-state index contributed by atoms with van der Waals surface area (Å²) in [5.41, 5.74) is 3.07. The smallest absolute Gasteiger partial charge is 0.254 e. The largest absolute Gasteiger partial charge is 0.386 e. The lowest BCUT2D eigenvalue weighted by Crippen LogP contribution is -2.29. The zero-order valence-corrected chi connectivity index (χ0v) is 16.6. The predicted octanol–water partition coefficient (Wildman–Crippen LogP) is 4.20. The van der Waals surface area contributed by atoms with Crippen molar-refractivity contribution in [3.8, 4) is 11.1 Å². The molecular weight excluding hydrogens is 350 g/mol. The maximum Gasteiger partial charge on any atom is 0.254 e. The van der Waals surface area contributed by atoms with Gasteiger partial charge in [0.05, 0.1) is 11.6 Å². The number of aromatic nitrogens is 2. The first-order valence-electron chi connectivity index (χ1n) is 9.23. The van der Waals surface area contributed by atoms with Crippen LogP contribution in [0.1, 0.15) is 48.3 Å². The molecule has 5 heteroatoms. The molecule has 0 fully saturated rings. The van der Waals surface area contributed by atoms with Gasteiger partial charge in [0.15, 0.2) is 0 Å². The van der Waals surface area contributed by atoms with Crippen molar-refractivity contribution in [3.05, 3.63) is 83.9 Å². The van der Waals surface area contributed by atoms with Crippen LogP contribution in [0.15, 0.2) is 67.3 Å². The third-order valence-electron chi connectivity index (χ3n) is 4.96. The molecule has 1 amide bonds. The molecule has 1 N–H and O–H groups in total. The molecule has 2 aromatic heterocycles. The standard InChI is InChI=1S/C23H25N3O2/c1-16(19-9-6-10-24-13-19)26(4)22(27)18-8-5-7-17(11-18)20-12-21(15-25-14-20)23(2,3)28/h5-16,28H,1-4H3/t16-/m1/s1. The number of aliphatic hydroxyl groups is 1. The Kier molecular flexibility index (Phi) is 5.56. The molecule has 1 aromatic carbocycles. The highest BCUT2D eigenvalue weighted by molar-refractivity contribution is 5.95. The fourth-order valence-corrected chi connectivity index (χ4v) is 2.99. The molecule has 5 nitrogen and oxygen atoms in total. The normalized spacial score (nSPS) is 12.5. The van der Waals surface area contributed by atoms with Gasteiger partial charge in [-0.3, -0.25) is 14.8 Å². The number of amides is 1. The SMILES string of the molecule is C[C@H](c1cccnc1)N(C)C(=O)c1cccc(-c2cncc(C(C)(C)O)c2)c1. The summed E-state index contributed by atoms with van der Waals surface area (Å²) in [5.74, 6) is -0.0650. The number of hydrogen-bond donors (Lipinski definition) is 1. The molecule has 0 radical (unpaired) electrons. The highest BCUT2D eigenvalue weighted by Gasteiger charge is 2.20. The third-order valence-corrected chi connectivity index (χ3v) is 4.96. The number of pyridine rings is 2. The lowest BCUT2D eigenvalue weighted by molar-refractivity contribution is 0.0741. The topological polar surface area (TPSA) is 66.3 Å².